The maximum Gasteiger partial charge on any atom is -0.0297 e. The van der Waals surface area contributed by atoms with E-state index < -0.39 is 0 Å². The van der Waals surface area contributed by atoms with Crippen LogP contribution in [0.4, 0.5) is 0 Å². The molecular weight excluding hydrogens is 163 g/mol. The summed E-state index contributed by atoms with van der Waals surface area (Å²) in [7, 11) is 2.85. The first kappa shape index (κ1) is 12.4. The fraction of sp³-hybridized carbons (Fsp3) is 1.00. The fourth-order valence-corrected chi connectivity index (χ4v) is 2.52. The van der Waals surface area contributed by atoms with Crippen LogP contribution in [0.25, 0.3) is 0 Å². The van der Waals surface area contributed by atoms with Crippen LogP contribution in [0.15, 0.2) is 0 Å². The molecule has 0 N–H and O–H groups in total. The average Bonchev–Trinajstić information content (AvgIpc) is 2.03. The first-order valence-corrected chi connectivity index (χ1v) is 5.99. The third-order valence-electron chi connectivity index (χ3n) is 3.62. The van der Waals surface area contributed by atoms with Crippen molar-refractivity contribution >= 4 is 9.24 Å². The predicted molar refractivity (Wildman–Crippen MR) is 61.6 cm³/mol. The highest BCUT2D eigenvalue weighted by atomic mass is 31.0. The molecule has 0 aromatic heterocycles. The van der Waals surface area contributed by atoms with Gasteiger partial charge in [-0.15, -0.1) is 9.24 Å². The normalized spacial score (nSPS) is 19.2. The van der Waals surface area contributed by atoms with Crippen molar-refractivity contribution in [1.29, 1.82) is 0 Å². The minimum atomic E-state index is 0.552. The molecule has 1 heteroatoms. The molecule has 0 saturated heterocycles. The van der Waals surface area contributed by atoms with Crippen LogP contribution in [-0.4, -0.2) is 6.16 Å². The van der Waals surface area contributed by atoms with Crippen LogP contribution < -0.4 is 0 Å². The molecule has 0 amide bonds. The second-order valence-electron chi connectivity index (χ2n) is 4.58. The third kappa shape index (κ3) is 3.05. The van der Waals surface area contributed by atoms with Crippen molar-refractivity contribution in [3.8, 4) is 0 Å². The molecule has 0 heterocycles. The van der Waals surface area contributed by atoms with Crippen LogP contribution in [0.5, 0.6) is 0 Å². The Labute approximate surface area is 80.7 Å². The highest BCUT2D eigenvalue weighted by molar-refractivity contribution is 7.16. The molecule has 0 radical (unpaired) electrons. The molecule has 0 bridgehead atoms. The Morgan fingerprint density at radius 2 is 1.75 bits per heavy atom. The van der Waals surface area contributed by atoms with E-state index in [1.807, 2.05) is 0 Å². The summed E-state index contributed by atoms with van der Waals surface area (Å²) in [6, 6.07) is 0. The molecule has 12 heavy (non-hydrogen) atoms. The van der Waals surface area contributed by atoms with Gasteiger partial charge in [0.15, 0.2) is 0 Å². The molecule has 3 atom stereocenters. The Kier molecular flexibility index (Phi) is 5.41. The monoisotopic (exact) mass is 188 g/mol. The minimum absolute atomic E-state index is 0.552. The summed E-state index contributed by atoms with van der Waals surface area (Å²) in [4.78, 5) is 0. The first-order valence-electron chi connectivity index (χ1n) is 5.18. The zero-order chi connectivity index (χ0) is 9.78. The zero-order valence-electron chi connectivity index (χ0n) is 9.35. The van der Waals surface area contributed by atoms with Crippen LogP contribution in [-0.2, 0) is 0 Å². The Balaban J connectivity index is 4.28. The van der Waals surface area contributed by atoms with Crippen molar-refractivity contribution in [2.45, 2.75) is 47.5 Å². The summed E-state index contributed by atoms with van der Waals surface area (Å²) >= 11 is 0. The molecule has 0 aromatic rings. The molecule has 0 saturated carbocycles. The Morgan fingerprint density at radius 1 is 1.25 bits per heavy atom. The number of hydrogen-bond acceptors (Lipinski definition) is 0. The second-order valence-corrected chi connectivity index (χ2v) is 5.16. The molecule has 0 nitrogen and oxygen atoms in total. The Morgan fingerprint density at radius 3 is 2.00 bits per heavy atom. The van der Waals surface area contributed by atoms with Crippen molar-refractivity contribution < 1.29 is 0 Å². The van der Waals surface area contributed by atoms with E-state index in [2.05, 4.69) is 43.9 Å². The lowest BCUT2D eigenvalue weighted by molar-refractivity contribution is 0.140. The number of rotatable bonds is 5. The SMILES string of the molecule is CCC(C)(CCP)C(C)C(C)C. The largest absolute Gasteiger partial charge is 0.138 e. The van der Waals surface area contributed by atoms with Crippen molar-refractivity contribution in [1.82, 2.24) is 0 Å². The summed E-state index contributed by atoms with van der Waals surface area (Å²) in [6.45, 7) is 11.8. The van der Waals surface area contributed by atoms with Gasteiger partial charge in [0, 0.05) is 0 Å². The summed E-state index contributed by atoms with van der Waals surface area (Å²) in [6.07, 6.45) is 3.88. The number of hydrogen-bond donors (Lipinski definition) is 0. The molecule has 0 rings (SSSR count). The van der Waals surface area contributed by atoms with Gasteiger partial charge in [-0.2, -0.15) is 0 Å². The topological polar surface area (TPSA) is 0 Å². The lowest BCUT2D eigenvalue weighted by atomic mass is 9.69. The summed E-state index contributed by atoms with van der Waals surface area (Å²) in [5.41, 5.74) is 0.552. The molecule has 0 spiro atoms. The smallest absolute Gasteiger partial charge is 0.0297 e. The van der Waals surface area contributed by atoms with Gasteiger partial charge in [-0.05, 0) is 29.8 Å². The van der Waals surface area contributed by atoms with E-state index in [-0.39, 0.29) is 0 Å². The minimum Gasteiger partial charge on any atom is -0.138 e. The van der Waals surface area contributed by atoms with Crippen molar-refractivity contribution in [2.24, 2.45) is 17.3 Å². The molecule has 0 aliphatic carbocycles. The molecule has 0 aliphatic rings. The first-order chi connectivity index (χ1) is 5.48. The third-order valence-corrected chi connectivity index (χ3v) is 3.91. The van der Waals surface area contributed by atoms with Crippen LogP contribution >= 0.6 is 9.24 Å². The van der Waals surface area contributed by atoms with Gasteiger partial charge in [-0.25, -0.2) is 0 Å². The van der Waals surface area contributed by atoms with E-state index in [1.54, 1.807) is 0 Å². The van der Waals surface area contributed by atoms with Gasteiger partial charge >= 0.3 is 0 Å². The van der Waals surface area contributed by atoms with Crippen LogP contribution in [0, 0.1) is 17.3 Å². The Bertz CT molecular complexity index is 120. The summed E-state index contributed by atoms with van der Waals surface area (Å²) in [5.74, 6) is 1.65. The van der Waals surface area contributed by atoms with Crippen molar-refractivity contribution in [2.75, 3.05) is 6.16 Å². The fourth-order valence-electron chi connectivity index (χ4n) is 1.86. The molecule has 3 unspecified atom stereocenters. The maximum atomic E-state index is 2.85. The molecule has 0 aliphatic heterocycles. The van der Waals surface area contributed by atoms with E-state index in [4.69, 9.17) is 0 Å². The van der Waals surface area contributed by atoms with Crippen molar-refractivity contribution in [3.05, 3.63) is 0 Å². The highest BCUT2D eigenvalue weighted by Gasteiger charge is 2.29. The van der Waals surface area contributed by atoms with Crippen molar-refractivity contribution in [3.63, 3.8) is 0 Å². The standard InChI is InChI=1S/C11H25P/c1-6-11(5,7-8-12)10(4)9(2)3/h9-10H,6-8,12H2,1-5H3. The molecule has 74 valence electrons. The van der Waals surface area contributed by atoms with Gasteiger partial charge in [0.05, 0.1) is 0 Å². The average molecular weight is 188 g/mol. The van der Waals surface area contributed by atoms with Crippen LogP contribution in [0.1, 0.15) is 47.5 Å². The van der Waals surface area contributed by atoms with E-state index in [0.717, 1.165) is 11.8 Å². The zero-order valence-corrected chi connectivity index (χ0v) is 10.5. The van der Waals surface area contributed by atoms with Gasteiger partial charge in [-0.1, -0.05) is 41.0 Å². The lowest BCUT2D eigenvalue weighted by Crippen LogP contribution is -2.28. The van der Waals surface area contributed by atoms with Gasteiger partial charge in [-0.3, -0.25) is 0 Å². The van der Waals surface area contributed by atoms with E-state index in [9.17, 15) is 0 Å². The van der Waals surface area contributed by atoms with Gasteiger partial charge in [0.2, 0.25) is 0 Å². The Hall–Kier alpha value is 0.430. The van der Waals surface area contributed by atoms with Crippen LogP contribution in [0.3, 0.4) is 0 Å². The maximum absolute atomic E-state index is 2.85. The summed E-state index contributed by atoms with van der Waals surface area (Å²) < 4.78 is 0. The van der Waals surface area contributed by atoms with E-state index in [0.29, 0.717) is 5.41 Å². The van der Waals surface area contributed by atoms with E-state index in [1.165, 1.54) is 19.0 Å². The lowest BCUT2D eigenvalue weighted by Gasteiger charge is -2.37. The predicted octanol–water partition coefficient (Wildman–Crippen LogP) is 3.96. The van der Waals surface area contributed by atoms with Gasteiger partial charge in [0.25, 0.3) is 0 Å². The molecular formula is C11H25P. The second kappa shape index (κ2) is 5.22. The van der Waals surface area contributed by atoms with Gasteiger partial charge in [0.1, 0.15) is 0 Å². The quantitative estimate of drug-likeness (QED) is 0.573. The highest BCUT2D eigenvalue weighted by Crippen LogP contribution is 2.39. The molecule has 0 fully saturated rings. The molecule has 0 aromatic carbocycles. The van der Waals surface area contributed by atoms with E-state index >= 15 is 0 Å². The summed E-state index contributed by atoms with van der Waals surface area (Å²) in [5, 5.41) is 0. The van der Waals surface area contributed by atoms with Crippen LogP contribution in [0.2, 0.25) is 0 Å². The van der Waals surface area contributed by atoms with Gasteiger partial charge < -0.3 is 0 Å².